The second kappa shape index (κ2) is 8.75. The largest absolute Gasteiger partial charge is 0.514 e. The first-order valence-corrected chi connectivity index (χ1v) is 11.6. The van der Waals surface area contributed by atoms with Crippen LogP contribution >= 0.6 is 0 Å². The number of rotatable bonds is 6. The molecule has 0 amide bonds. The summed E-state index contributed by atoms with van der Waals surface area (Å²) < 4.78 is 22.2. The summed E-state index contributed by atoms with van der Waals surface area (Å²) in [6, 6.07) is 6.81. The molecule has 5 rings (SSSR count). The lowest BCUT2D eigenvalue weighted by atomic mass is 9.67. The van der Waals surface area contributed by atoms with E-state index >= 15 is 0 Å². The van der Waals surface area contributed by atoms with Gasteiger partial charge in [-0.2, -0.15) is 0 Å². The smallest absolute Gasteiger partial charge is 0.458 e. The summed E-state index contributed by atoms with van der Waals surface area (Å²) in [5.41, 5.74) is 0.266. The molecule has 2 saturated heterocycles. The molecule has 7 heteroatoms. The Morgan fingerprint density at radius 3 is 2.53 bits per heavy atom. The zero-order chi connectivity index (χ0) is 23.0. The summed E-state index contributed by atoms with van der Waals surface area (Å²) in [5, 5.41) is 0. The van der Waals surface area contributed by atoms with Crippen LogP contribution in [0, 0.1) is 23.2 Å². The van der Waals surface area contributed by atoms with Crippen LogP contribution < -0.4 is 4.74 Å². The zero-order valence-corrected chi connectivity index (χ0v) is 19.2. The van der Waals surface area contributed by atoms with E-state index in [0.29, 0.717) is 24.5 Å². The molecular weight excluding hydrogens is 412 g/mol. The number of hydrogen-bond acceptors (Lipinski definition) is 7. The van der Waals surface area contributed by atoms with E-state index in [1.165, 1.54) is 0 Å². The molecule has 0 aromatic heterocycles. The van der Waals surface area contributed by atoms with Gasteiger partial charge in [0, 0.05) is 5.92 Å². The summed E-state index contributed by atoms with van der Waals surface area (Å²) in [5.74, 6) is 0.474. The molecule has 2 aliphatic heterocycles. The fourth-order valence-corrected chi connectivity index (χ4v) is 5.01. The molecule has 2 saturated carbocycles. The first-order valence-electron chi connectivity index (χ1n) is 11.6. The molecule has 1 aromatic rings. The molecule has 4 fully saturated rings. The van der Waals surface area contributed by atoms with Gasteiger partial charge in [-0.25, -0.2) is 4.79 Å². The minimum atomic E-state index is -0.796. The molecular formula is C25H32O7. The van der Waals surface area contributed by atoms with Gasteiger partial charge in [-0.1, -0.05) is 19.1 Å². The van der Waals surface area contributed by atoms with Crippen molar-refractivity contribution in [3.05, 3.63) is 29.8 Å². The highest BCUT2D eigenvalue weighted by molar-refractivity contribution is 5.76. The second-order valence-electron chi connectivity index (χ2n) is 10.0. The predicted molar refractivity (Wildman–Crippen MR) is 115 cm³/mol. The number of ether oxygens (including phenoxy) is 4. The summed E-state index contributed by atoms with van der Waals surface area (Å²) in [6.45, 7) is 7.48. The first kappa shape index (κ1) is 22.6. The number of carbonyl (C=O) groups is 3. The fraction of sp³-hybridized carbons (Fsp3) is 0.640. The van der Waals surface area contributed by atoms with Crippen LogP contribution in [-0.4, -0.2) is 30.3 Å². The molecule has 2 heterocycles. The van der Waals surface area contributed by atoms with Crippen molar-refractivity contribution in [2.75, 3.05) is 0 Å². The first-order chi connectivity index (χ1) is 15.2. The normalized spacial score (nSPS) is 29.6. The van der Waals surface area contributed by atoms with Crippen molar-refractivity contribution in [3.8, 4) is 5.75 Å². The van der Waals surface area contributed by atoms with Crippen LogP contribution in [0.4, 0.5) is 4.79 Å². The number of fused-ring (bicyclic) bond motifs is 1. The van der Waals surface area contributed by atoms with Gasteiger partial charge in [-0.3, -0.25) is 9.59 Å². The van der Waals surface area contributed by atoms with Crippen LogP contribution in [0.2, 0.25) is 0 Å². The number of hydrogen-bond donors (Lipinski definition) is 0. The Hall–Kier alpha value is -2.57. The van der Waals surface area contributed by atoms with E-state index in [0.717, 1.165) is 24.8 Å². The Kier molecular flexibility index (Phi) is 6.19. The van der Waals surface area contributed by atoms with Gasteiger partial charge in [-0.05, 0) is 76.5 Å². The topological polar surface area (TPSA) is 88.1 Å². The molecule has 6 unspecified atom stereocenters. The lowest BCUT2D eigenvalue weighted by molar-refractivity contribution is -0.159. The Balaban J connectivity index is 1.33. The summed E-state index contributed by atoms with van der Waals surface area (Å²) >= 11 is 0. The molecule has 32 heavy (non-hydrogen) atoms. The second-order valence-corrected chi connectivity index (χ2v) is 10.0. The van der Waals surface area contributed by atoms with Crippen LogP contribution in [0.15, 0.2) is 24.3 Å². The quantitative estimate of drug-likeness (QED) is 0.348. The van der Waals surface area contributed by atoms with Crippen molar-refractivity contribution >= 4 is 18.1 Å². The Morgan fingerprint density at radius 1 is 1.12 bits per heavy atom. The predicted octanol–water partition coefficient (Wildman–Crippen LogP) is 4.97. The summed E-state index contributed by atoms with van der Waals surface area (Å²) in [4.78, 5) is 36.9. The van der Waals surface area contributed by atoms with Crippen molar-refractivity contribution in [1.82, 2.24) is 0 Å². The maximum atomic E-state index is 12.5. The molecule has 174 valence electrons. The molecule has 4 bridgehead atoms. The highest BCUT2D eigenvalue weighted by Gasteiger charge is 2.51. The average Bonchev–Trinajstić information content (AvgIpc) is 2.91. The minimum Gasteiger partial charge on any atom is -0.458 e. The third kappa shape index (κ3) is 4.62. The highest BCUT2D eigenvalue weighted by Crippen LogP contribution is 2.48. The third-order valence-electron chi connectivity index (χ3n) is 7.34. The van der Waals surface area contributed by atoms with E-state index in [9.17, 15) is 14.4 Å². The van der Waals surface area contributed by atoms with Crippen LogP contribution in [0.25, 0.3) is 0 Å². The van der Waals surface area contributed by atoms with E-state index in [2.05, 4.69) is 0 Å². The molecule has 0 radical (unpaired) electrons. The van der Waals surface area contributed by atoms with Crippen molar-refractivity contribution in [2.24, 2.45) is 23.2 Å². The SMILES string of the molecule is CCC(C)(C)C(=O)OC(C)c1ccc(OC(=O)OC2C3CC4CC(C3)C(=O)OC2C4)cc1. The minimum absolute atomic E-state index is 0.0695. The molecule has 0 spiro atoms. The molecule has 6 atom stereocenters. The average molecular weight is 445 g/mol. The van der Waals surface area contributed by atoms with Crippen LogP contribution in [-0.2, 0) is 23.8 Å². The van der Waals surface area contributed by atoms with E-state index in [-0.39, 0.29) is 29.9 Å². The van der Waals surface area contributed by atoms with Gasteiger partial charge in [0.15, 0.2) is 0 Å². The maximum absolute atomic E-state index is 12.5. The van der Waals surface area contributed by atoms with Crippen molar-refractivity contribution in [1.29, 1.82) is 0 Å². The van der Waals surface area contributed by atoms with Gasteiger partial charge in [0.1, 0.15) is 24.1 Å². The highest BCUT2D eigenvalue weighted by atomic mass is 16.7. The Bertz CT molecular complexity index is 875. The van der Waals surface area contributed by atoms with Gasteiger partial charge < -0.3 is 18.9 Å². The number of carbonyl (C=O) groups excluding carboxylic acids is 3. The molecule has 7 nitrogen and oxygen atoms in total. The van der Waals surface area contributed by atoms with E-state index in [4.69, 9.17) is 18.9 Å². The number of esters is 2. The van der Waals surface area contributed by atoms with Gasteiger partial charge in [-0.15, -0.1) is 0 Å². The van der Waals surface area contributed by atoms with E-state index < -0.39 is 23.8 Å². The summed E-state index contributed by atoms with van der Waals surface area (Å²) in [7, 11) is 0. The zero-order valence-electron chi connectivity index (χ0n) is 19.2. The standard InChI is InChI=1S/C25H32O7/c1-5-25(3,4)23(27)29-14(2)16-6-8-19(9-7-16)30-24(28)32-21-17-10-15-11-18(13-17)22(26)31-20(21)12-15/h6-9,14-15,17-18,20-21H,5,10-13H2,1-4H3. The van der Waals surface area contributed by atoms with Crippen LogP contribution in [0.5, 0.6) is 5.75 Å². The third-order valence-corrected chi connectivity index (χ3v) is 7.34. The van der Waals surface area contributed by atoms with Crippen molar-refractivity contribution < 1.29 is 33.3 Å². The maximum Gasteiger partial charge on any atom is 0.514 e. The van der Waals surface area contributed by atoms with Crippen LogP contribution in [0.3, 0.4) is 0 Å². The fourth-order valence-electron chi connectivity index (χ4n) is 5.01. The molecule has 1 aromatic carbocycles. The molecule has 4 aliphatic rings. The van der Waals surface area contributed by atoms with Gasteiger partial charge in [0.2, 0.25) is 0 Å². The molecule has 0 N–H and O–H groups in total. The van der Waals surface area contributed by atoms with Gasteiger partial charge in [0.25, 0.3) is 0 Å². The van der Waals surface area contributed by atoms with E-state index in [1.807, 2.05) is 27.7 Å². The Morgan fingerprint density at radius 2 is 1.84 bits per heavy atom. The lowest BCUT2D eigenvalue weighted by Crippen LogP contribution is -2.45. The molecule has 2 aliphatic carbocycles. The number of benzene rings is 1. The van der Waals surface area contributed by atoms with E-state index in [1.54, 1.807) is 24.3 Å². The van der Waals surface area contributed by atoms with Crippen molar-refractivity contribution in [3.63, 3.8) is 0 Å². The van der Waals surface area contributed by atoms with Crippen LogP contribution in [0.1, 0.15) is 71.5 Å². The lowest BCUT2D eigenvalue weighted by Gasteiger charge is -2.40. The van der Waals surface area contributed by atoms with Gasteiger partial charge in [0.05, 0.1) is 11.3 Å². The van der Waals surface area contributed by atoms with Crippen molar-refractivity contribution in [2.45, 2.75) is 78.1 Å². The van der Waals surface area contributed by atoms with Gasteiger partial charge >= 0.3 is 18.1 Å². The monoisotopic (exact) mass is 444 g/mol. The Labute approximate surface area is 188 Å². The summed E-state index contributed by atoms with van der Waals surface area (Å²) in [6.07, 6.45) is 1.96.